The van der Waals surface area contributed by atoms with Crippen molar-refractivity contribution in [1.29, 1.82) is 0 Å². The zero-order valence-corrected chi connectivity index (χ0v) is 12.6. The Hall–Kier alpha value is -1.35. The fourth-order valence-electron chi connectivity index (χ4n) is 3.65. The van der Waals surface area contributed by atoms with Gasteiger partial charge in [0.15, 0.2) is 0 Å². The molecule has 3 nitrogen and oxygen atoms in total. The van der Waals surface area contributed by atoms with Gasteiger partial charge in [0.1, 0.15) is 5.82 Å². The Kier molecular flexibility index (Phi) is 3.55. The first-order chi connectivity index (χ1) is 9.61. The van der Waals surface area contributed by atoms with Crippen LogP contribution in [0.3, 0.4) is 0 Å². The Morgan fingerprint density at radius 1 is 1.40 bits per heavy atom. The average Bonchev–Trinajstić information content (AvgIpc) is 2.92. The summed E-state index contributed by atoms with van der Waals surface area (Å²) in [5.41, 5.74) is 8.83. The summed E-state index contributed by atoms with van der Waals surface area (Å²) in [6.07, 6.45) is 5.70. The number of hydrogen-bond donors (Lipinski definition) is 1. The van der Waals surface area contributed by atoms with Crippen LogP contribution in [0.1, 0.15) is 45.4 Å². The molecule has 0 radical (unpaired) electrons. The highest BCUT2D eigenvalue weighted by molar-refractivity contribution is 5.75. The number of para-hydroxylation sites is 2. The van der Waals surface area contributed by atoms with E-state index in [0.29, 0.717) is 11.5 Å². The summed E-state index contributed by atoms with van der Waals surface area (Å²) in [6, 6.07) is 8.86. The molecule has 2 unspecified atom stereocenters. The standard InChI is InChI=1S/C17H25N3/c1-3-10-20-15-7-5-4-6-14(15)19-16(20)12-17(2)9-8-13(18)11-17/h4-7,13H,3,8-12,18H2,1-2H3. The number of benzene rings is 1. The fraction of sp³-hybridized carbons (Fsp3) is 0.588. The smallest absolute Gasteiger partial charge is 0.110 e. The van der Waals surface area contributed by atoms with E-state index in [0.717, 1.165) is 37.7 Å². The maximum absolute atomic E-state index is 6.11. The molecule has 1 aliphatic rings. The van der Waals surface area contributed by atoms with Gasteiger partial charge in [-0.15, -0.1) is 0 Å². The minimum atomic E-state index is 0.326. The lowest BCUT2D eigenvalue weighted by Gasteiger charge is -2.23. The van der Waals surface area contributed by atoms with E-state index in [-0.39, 0.29) is 0 Å². The molecule has 1 heterocycles. The zero-order valence-electron chi connectivity index (χ0n) is 12.6. The molecular formula is C17H25N3. The summed E-state index contributed by atoms with van der Waals surface area (Å²) >= 11 is 0. The van der Waals surface area contributed by atoms with Crippen LogP contribution in [0.15, 0.2) is 24.3 Å². The molecule has 0 amide bonds. The second kappa shape index (κ2) is 5.21. The van der Waals surface area contributed by atoms with Crippen molar-refractivity contribution < 1.29 is 0 Å². The van der Waals surface area contributed by atoms with Gasteiger partial charge in [-0.2, -0.15) is 0 Å². The number of imidazole rings is 1. The Morgan fingerprint density at radius 2 is 2.20 bits per heavy atom. The molecule has 0 bridgehead atoms. The van der Waals surface area contributed by atoms with Crippen LogP contribution in [-0.2, 0) is 13.0 Å². The Balaban J connectivity index is 1.96. The molecule has 2 N–H and O–H groups in total. The topological polar surface area (TPSA) is 43.8 Å². The minimum absolute atomic E-state index is 0.326. The van der Waals surface area contributed by atoms with Gasteiger partial charge >= 0.3 is 0 Å². The maximum atomic E-state index is 6.11. The van der Waals surface area contributed by atoms with Crippen LogP contribution >= 0.6 is 0 Å². The molecule has 0 saturated heterocycles. The van der Waals surface area contributed by atoms with E-state index in [2.05, 4.69) is 42.7 Å². The highest BCUT2D eigenvalue weighted by atomic mass is 15.1. The predicted molar refractivity (Wildman–Crippen MR) is 83.7 cm³/mol. The summed E-state index contributed by atoms with van der Waals surface area (Å²) in [5, 5.41) is 0. The summed E-state index contributed by atoms with van der Waals surface area (Å²) < 4.78 is 2.41. The molecule has 2 atom stereocenters. The third-order valence-electron chi connectivity index (χ3n) is 4.64. The highest BCUT2D eigenvalue weighted by Gasteiger charge is 2.34. The summed E-state index contributed by atoms with van der Waals surface area (Å²) in [7, 11) is 0. The summed E-state index contributed by atoms with van der Waals surface area (Å²) in [4.78, 5) is 4.89. The van der Waals surface area contributed by atoms with Crippen molar-refractivity contribution in [2.75, 3.05) is 0 Å². The van der Waals surface area contributed by atoms with E-state index >= 15 is 0 Å². The normalized spacial score (nSPS) is 26.4. The first kappa shape index (κ1) is 13.6. The number of nitrogens with zero attached hydrogens (tertiary/aromatic N) is 2. The number of hydrogen-bond acceptors (Lipinski definition) is 2. The van der Waals surface area contributed by atoms with E-state index < -0.39 is 0 Å². The van der Waals surface area contributed by atoms with Gasteiger partial charge in [0, 0.05) is 19.0 Å². The lowest BCUT2D eigenvalue weighted by atomic mass is 9.84. The molecule has 20 heavy (non-hydrogen) atoms. The van der Waals surface area contributed by atoms with Crippen molar-refractivity contribution >= 4 is 11.0 Å². The van der Waals surface area contributed by atoms with Gasteiger partial charge in [0.05, 0.1) is 11.0 Å². The van der Waals surface area contributed by atoms with Crippen LogP contribution < -0.4 is 5.73 Å². The van der Waals surface area contributed by atoms with Crippen molar-refractivity contribution in [2.45, 2.75) is 58.5 Å². The van der Waals surface area contributed by atoms with Crippen molar-refractivity contribution in [1.82, 2.24) is 9.55 Å². The van der Waals surface area contributed by atoms with E-state index in [9.17, 15) is 0 Å². The molecule has 2 aromatic rings. The number of fused-ring (bicyclic) bond motifs is 1. The predicted octanol–water partition coefficient (Wildman–Crippen LogP) is 3.51. The van der Waals surface area contributed by atoms with Crippen molar-refractivity contribution in [3.63, 3.8) is 0 Å². The van der Waals surface area contributed by atoms with Gasteiger partial charge in [-0.1, -0.05) is 26.0 Å². The van der Waals surface area contributed by atoms with Crippen LogP contribution in [0, 0.1) is 5.41 Å². The van der Waals surface area contributed by atoms with E-state index in [1.807, 2.05) is 0 Å². The monoisotopic (exact) mass is 271 g/mol. The lowest BCUT2D eigenvalue weighted by Crippen LogP contribution is -2.22. The largest absolute Gasteiger partial charge is 0.328 e. The molecule has 1 aromatic carbocycles. The van der Waals surface area contributed by atoms with E-state index in [1.54, 1.807) is 0 Å². The SMILES string of the molecule is CCCn1c(CC2(C)CCC(N)C2)nc2ccccc21. The van der Waals surface area contributed by atoms with Gasteiger partial charge in [-0.3, -0.25) is 0 Å². The van der Waals surface area contributed by atoms with Crippen molar-refractivity contribution in [2.24, 2.45) is 11.1 Å². The number of nitrogens with two attached hydrogens (primary N) is 1. The molecule has 0 spiro atoms. The average molecular weight is 271 g/mol. The third kappa shape index (κ3) is 2.47. The van der Waals surface area contributed by atoms with Gasteiger partial charge in [0.25, 0.3) is 0 Å². The molecule has 1 fully saturated rings. The molecule has 3 heteroatoms. The number of aromatic nitrogens is 2. The minimum Gasteiger partial charge on any atom is -0.328 e. The maximum Gasteiger partial charge on any atom is 0.110 e. The Bertz CT molecular complexity index is 601. The van der Waals surface area contributed by atoms with Crippen molar-refractivity contribution in [3.05, 3.63) is 30.1 Å². The lowest BCUT2D eigenvalue weighted by molar-refractivity contribution is 0.317. The molecule has 0 aliphatic heterocycles. The summed E-state index contributed by atoms with van der Waals surface area (Å²) in [6.45, 7) is 5.65. The third-order valence-corrected chi connectivity index (χ3v) is 4.64. The second-order valence-corrected chi connectivity index (χ2v) is 6.66. The Labute approximate surface area is 121 Å². The van der Waals surface area contributed by atoms with Gasteiger partial charge in [-0.25, -0.2) is 4.98 Å². The molecule has 108 valence electrons. The van der Waals surface area contributed by atoms with Crippen LogP contribution in [0.5, 0.6) is 0 Å². The molecule has 1 aromatic heterocycles. The molecule has 1 aliphatic carbocycles. The number of aryl methyl sites for hydroxylation is 1. The van der Waals surface area contributed by atoms with Crippen LogP contribution in [-0.4, -0.2) is 15.6 Å². The van der Waals surface area contributed by atoms with Crippen molar-refractivity contribution in [3.8, 4) is 0 Å². The number of rotatable bonds is 4. The second-order valence-electron chi connectivity index (χ2n) is 6.66. The van der Waals surface area contributed by atoms with Gasteiger partial charge in [0.2, 0.25) is 0 Å². The fourth-order valence-corrected chi connectivity index (χ4v) is 3.65. The van der Waals surface area contributed by atoms with Crippen LogP contribution in [0.25, 0.3) is 11.0 Å². The summed E-state index contributed by atoms with van der Waals surface area (Å²) in [5.74, 6) is 1.24. The molecule has 1 saturated carbocycles. The van der Waals surface area contributed by atoms with Crippen LogP contribution in [0.2, 0.25) is 0 Å². The van der Waals surface area contributed by atoms with E-state index in [4.69, 9.17) is 10.7 Å². The first-order valence-electron chi connectivity index (χ1n) is 7.81. The first-order valence-corrected chi connectivity index (χ1v) is 7.81. The van der Waals surface area contributed by atoms with Gasteiger partial charge < -0.3 is 10.3 Å². The van der Waals surface area contributed by atoms with Crippen LogP contribution in [0.4, 0.5) is 0 Å². The zero-order chi connectivity index (χ0) is 14.2. The molecular weight excluding hydrogens is 246 g/mol. The molecule has 3 rings (SSSR count). The van der Waals surface area contributed by atoms with Gasteiger partial charge in [-0.05, 0) is 43.2 Å². The van der Waals surface area contributed by atoms with E-state index in [1.165, 1.54) is 17.8 Å². The quantitative estimate of drug-likeness (QED) is 0.925. The highest BCUT2D eigenvalue weighted by Crippen LogP contribution is 2.40. The Morgan fingerprint density at radius 3 is 2.90 bits per heavy atom.